The molecule has 0 aliphatic heterocycles. The molecule has 1 N–H and O–H groups in total. The number of aromatic nitrogens is 2. The van der Waals surface area contributed by atoms with E-state index in [1.807, 2.05) is 48.5 Å². The van der Waals surface area contributed by atoms with Gasteiger partial charge in [-0.3, -0.25) is 0 Å². The first-order chi connectivity index (χ1) is 19.5. The number of rotatable bonds is 7. The van der Waals surface area contributed by atoms with Gasteiger partial charge in [0, 0.05) is 17.1 Å². The number of carbonyl (C=O) groups is 1. The van der Waals surface area contributed by atoms with Crippen LogP contribution in [-0.2, 0) is 6.61 Å². The van der Waals surface area contributed by atoms with Crippen molar-refractivity contribution in [2.75, 3.05) is 0 Å². The molecule has 0 amide bonds. The Balaban J connectivity index is 1.33. The zero-order valence-corrected chi connectivity index (χ0v) is 22.6. The maximum Gasteiger partial charge on any atom is 0.335 e. The van der Waals surface area contributed by atoms with Crippen molar-refractivity contribution in [2.24, 2.45) is 0 Å². The van der Waals surface area contributed by atoms with E-state index >= 15 is 4.39 Å². The molecule has 0 atom stereocenters. The molecule has 4 aromatic carbocycles. The van der Waals surface area contributed by atoms with E-state index in [4.69, 9.17) is 21.3 Å². The highest BCUT2D eigenvalue weighted by Crippen LogP contribution is 2.38. The van der Waals surface area contributed by atoms with E-state index in [0.29, 0.717) is 27.7 Å². The van der Waals surface area contributed by atoms with E-state index in [9.17, 15) is 9.90 Å². The molecule has 1 fully saturated rings. The van der Waals surface area contributed by atoms with Gasteiger partial charge in [0.05, 0.1) is 22.2 Å². The van der Waals surface area contributed by atoms with Crippen LogP contribution in [0.4, 0.5) is 4.39 Å². The van der Waals surface area contributed by atoms with Crippen LogP contribution in [0.15, 0.2) is 84.9 Å². The van der Waals surface area contributed by atoms with E-state index in [1.165, 1.54) is 12.5 Å². The van der Waals surface area contributed by atoms with Gasteiger partial charge in [0.15, 0.2) is 0 Å². The Labute approximate surface area is 236 Å². The summed E-state index contributed by atoms with van der Waals surface area (Å²) >= 11 is 6.28. The number of hydrogen-bond acceptors (Lipinski definition) is 3. The second-order valence-corrected chi connectivity index (χ2v) is 10.6. The average Bonchev–Trinajstić information content (AvgIpc) is 3.35. The summed E-state index contributed by atoms with van der Waals surface area (Å²) in [6, 6.07) is 25.6. The number of aromatic carboxylic acids is 1. The zero-order chi connectivity index (χ0) is 27.6. The number of nitrogens with zero attached hydrogens (tertiary/aromatic N) is 2. The minimum Gasteiger partial charge on any atom is -0.489 e. The van der Waals surface area contributed by atoms with Crippen molar-refractivity contribution in [3.8, 4) is 28.3 Å². The molecule has 0 radical (unpaired) electrons. The maximum atomic E-state index is 15.7. The predicted molar refractivity (Wildman–Crippen MR) is 155 cm³/mol. The number of benzene rings is 4. The minimum absolute atomic E-state index is 0.160. The van der Waals surface area contributed by atoms with E-state index in [2.05, 4.69) is 4.57 Å². The van der Waals surface area contributed by atoms with Crippen LogP contribution in [0.25, 0.3) is 33.5 Å². The van der Waals surface area contributed by atoms with Crippen molar-refractivity contribution >= 4 is 28.6 Å². The Morgan fingerprint density at radius 3 is 2.48 bits per heavy atom. The summed E-state index contributed by atoms with van der Waals surface area (Å²) < 4.78 is 23.8. The fraction of sp³-hybridized carbons (Fsp3) is 0.212. The first kappa shape index (κ1) is 26.1. The molecule has 1 aromatic heterocycles. The fourth-order valence-electron chi connectivity index (χ4n) is 5.64. The lowest BCUT2D eigenvalue weighted by atomic mass is 9.94. The maximum absolute atomic E-state index is 15.7. The number of hydrogen-bond donors (Lipinski definition) is 1. The van der Waals surface area contributed by atoms with E-state index in [0.717, 1.165) is 47.9 Å². The Bertz CT molecular complexity index is 1690. The van der Waals surface area contributed by atoms with E-state index in [-0.39, 0.29) is 18.2 Å². The lowest BCUT2D eigenvalue weighted by Crippen LogP contribution is -2.14. The Morgan fingerprint density at radius 2 is 1.73 bits per heavy atom. The number of halogens is 2. The molecule has 1 aliphatic carbocycles. The van der Waals surface area contributed by atoms with Gasteiger partial charge in [0.2, 0.25) is 0 Å². The van der Waals surface area contributed by atoms with Gasteiger partial charge in [-0.15, -0.1) is 0 Å². The first-order valence-electron chi connectivity index (χ1n) is 13.5. The average molecular weight is 555 g/mol. The van der Waals surface area contributed by atoms with Crippen LogP contribution in [0.2, 0.25) is 5.02 Å². The van der Waals surface area contributed by atoms with Crippen molar-refractivity contribution < 1.29 is 19.0 Å². The summed E-state index contributed by atoms with van der Waals surface area (Å²) in [6.45, 7) is 0.224. The fourth-order valence-corrected chi connectivity index (χ4v) is 5.83. The van der Waals surface area contributed by atoms with Crippen molar-refractivity contribution in [3.63, 3.8) is 0 Å². The van der Waals surface area contributed by atoms with Crippen LogP contribution in [0.3, 0.4) is 0 Å². The van der Waals surface area contributed by atoms with Gasteiger partial charge in [-0.05, 0) is 72.0 Å². The molecule has 7 heteroatoms. The molecule has 0 unspecified atom stereocenters. The molecule has 1 saturated carbocycles. The number of fused-ring (bicyclic) bond motifs is 1. The van der Waals surface area contributed by atoms with Gasteiger partial charge >= 0.3 is 5.97 Å². The molecule has 202 valence electrons. The number of carboxylic acid groups (broad SMARTS) is 1. The van der Waals surface area contributed by atoms with Gasteiger partial charge in [0.1, 0.15) is 24.0 Å². The number of imidazole rings is 1. The molecule has 0 saturated heterocycles. The van der Waals surface area contributed by atoms with Crippen LogP contribution in [-0.4, -0.2) is 20.6 Å². The number of carboxylic acids is 1. The smallest absolute Gasteiger partial charge is 0.335 e. The molecule has 5 aromatic rings. The first-order valence-corrected chi connectivity index (χ1v) is 13.9. The normalized spacial score (nSPS) is 13.9. The third kappa shape index (κ3) is 5.19. The van der Waals surface area contributed by atoms with Gasteiger partial charge in [-0.2, -0.15) is 0 Å². The molecule has 40 heavy (non-hydrogen) atoms. The monoisotopic (exact) mass is 554 g/mol. The molecule has 0 spiro atoms. The SMILES string of the molecule is O=C(O)c1ccc2c(c1)nc(-c1ccc(OCc3cc(Cl)ccc3-c3ccccc3)cc1F)n2C1CCCCC1. The lowest BCUT2D eigenvalue weighted by Gasteiger charge is -2.25. The highest BCUT2D eigenvalue weighted by atomic mass is 35.5. The second-order valence-electron chi connectivity index (χ2n) is 10.2. The van der Waals surface area contributed by atoms with Gasteiger partial charge in [0.25, 0.3) is 0 Å². The molecule has 5 nitrogen and oxygen atoms in total. The Kier molecular flexibility index (Phi) is 7.27. The second kappa shape index (κ2) is 11.1. The summed E-state index contributed by atoms with van der Waals surface area (Å²) in [4.78, 5) is 16.3. The van der Waals surface area contributed by atoms with E-state index < -0.39 is 11.8 Å². The van der Waals surface area contributed by atoms with Crippen molar-refractivity contribution in [2.45, 2.75) is 44.8 Å². The van der Waals surface area contributed by atoms with Crippen molar-refractivity contribution in [1.29, 1.82) is 0 Å². The summed E-state index contributed by atoms with van der Waals surface area (Å²) in [5.74, 6) is -0.556. The van der Waals surface area contributed by atoms with Crippen LogP contribution in [0, 0.1) is 5.82 Å². The van der Waals surface area contributed by atoms with Crippen LogP contribution >= 0.6 is 11.6 Å². The topological polar surface area (TPSA) is 64.3 Å². The van der Waals surface area contributed by atoms with Gasteiger partial charge < -0.3 is 14.4 Å². The molecule has 6 rings (SSSR count). The third-order valence-corrected chi connectivity index (χ3v) is 7.84. The van der Waals surface area contributed by atoms with Gasteiger partial charge in [-0.1, -0.05) is 67.3 Å². The zero-order valence-electron chi connectivity index (χ0n) is 21.8. The summed E-state index contributed by atoms with van der Waals surface area (Å²) in [5, 5.41) is 10.1. The molecule has 0 bridgehead atoms. The third-order valence-electron chi connectivity index (χ3n) is 7.60. The van der Waals surface area contributed by atoms with Gasteiger partial charge in [-0.25, -0.2) is 14.2 Å². The summed E-state index contributed by atoms with van der Waals surface area (Å²) in [6.07, 6.45) is 5.33. The quantitative estimate of drug-likeness (QED) is 0.218. The molecule has 1 aliphatic rings. The highest BCUT2D eigenvalue weighted by Gasteiger charge is 2.24. The standard InChI is InChI=1S/C33H28ClFN2O3/c34-24-12-14-27(21-7-3-1-4-8-21)23(17-24)20-40-26-13-15-28(29(35)19-26)32-36-30-18-22(33(38)39)11-16-31(30)37(32)25-9-5-2-6-10-25/h1,3-4,7-8,11-19,25H,2,5-6,9-10,20H2,(H,38,39). The summed E-state index contributed by atoms with van der Waals surface area (Å²) in [7, 11) is 0. The Hall–Kier alpha value is -4.16. The van der Waals surface area contributed by atoms with Crippen LogP contribution < -0.4 is 4.74 Å². The lowest BCUT2D eigenvalue weighted by molar-refractivity contribution is 0.0697. The minimum atomic E-state index is -1.02. The number of ether oxygens (including phenoxy) is 1. The predicted octanol–water partition coefficient (Wildman–Crippen LogP) is 8.95. The summed E-state index contributed by atoms with van der Waals surface area (Å²) in [5.41, 5.74) is 4.84. The van der Waals surface area contributed by atoms with E-state index in [1.54, 1.807) is 30.3 Å². The van der Waals surface area contributed by atoms with Crippen molar-refractivity contribution in [1.82, 2.24) is 9.55 Å². The molecular weight excluding hydrogens is 527 g/mol. The van der Waals surface area contributed by atoms with Crippen molar-refractivity contribution in [3.05, 3.63) is 107 Å². The highest BCUT2D eigenvalue weighted by molar-refractivity contribution is 6.30. The molecule has 1 heterocycles. The molecular formula is C33H28ClFN2O3. The van der Waals surface area contributed by atoms with Crippen LogP contribution in [0.1, 0.15) is 54.1 Å². The Morgan fingerprint density at radius 1 is 0.950 bits per heavy atom. The largest absolute Gasteiger partial charge is 0.489 e. The van der Waals surface area contributed by atoms with Crippen LogP contribution in [0.5, 0.6) is 5.75 Å².